The van der Waals surface area contributed by atoms with Crippen LogP contribution in [-0.4, -0.2) is 37.5 Å². The molecule has 0 aliphatic rings. The largest absolute Gasteiger partial charge is 0.466 e. The summed E-state index contributed by atoms with van der Waals surface area (Å²) in [5.74, 6) is -0.799. The second-order valence-corrected chi connectivity index (χ2v) is 5.55. The summed E-state index contributed by atoms with van der Waals surface area (Å²) < 4.78 is 5.60. The predicted molar refractivity (Wildman–Crippen MR) is 90.4 cm³/mol. The van der Waals surface area contributed by atoms with Crippen LogP contribution in [0.4, 0.5) is 0 Å². The van der Waals surface area contributed by atoms with E-state index in [1.807, 2.05) is 12.1 Å². The third kappa shape index (κ3) is 6.88. The van der Waals surface area contributed by atoms with Gasteiger partial charge in [0.15, 0.2) is 0 Å². The molecule has 1 rings (SSSR count). The Hall–Kier alpha value is -1.64. The first-order valence-corrected chi connectivity index (χ1v) is 8.07. The van der Waals surface area contributed by atoms with E-state index in [0.717, 1.165) is 3.57 Å². The average molecular weight is 418 g/mol. The maximum absolute atomic E-state index is 11.9. The quantitative estimate of drug-likeness (QED) is 0.381. The van der Waals surface area contributed by atoms with Gasteiger partial charge in [-0.15, -0.1) is 0 Å². The molecule has 0 unspecified atom stereocenters. The molecule has 0 bridgehead atoms. The van der Waals surface area contributed by atoms with Gasteiger partial charge in [-0.25, -0.2) is 0 Å². The van der Waals surface area contributed by atoms with E-state index in [1.165, 1.54) is 0 Å². The third-order valence-electron chi connectivity index (χ3n) is 2.71. The van der Waals surface area contributed by atoms with Crippen molar-refractivity contribution in [2.45, 2.75) is 19.8 Å². The Labute approximate surface area is 143 Å². The van der Waals surface area contributed by atoms with Crippen molar-refractivity contribution in [2.24, 2.45) is 0 Å². The average Bonchev–Trinajstić information content (AvgIpc) is 2.50. The molecule has 0 aliphatic carbocycles. The Morgan fingerprint density at radius 2 is 1.77 bits per heavy atom. The highest BCUT2D eigenvalue weighted by molar-refractivity contribution is 14.1. The number of hydrogen-bond donors (Lipinski definition) is 2. The van der Waals surface area contributed by atoms with Crippen LogP contribution in [0.2, 0.25) is 0 Å². The molecule has 0 spiro atoms. The van der Waals surface area contributed by atoms with Crippen LogP contribution < -0.4 is 10.6 Å². The Balaban J connectivity index is 2.20. The first-order chi connectivity index (χ1) is 10.5. The molecule has 0 saturated heterocycles. The van der Waals surface area contributed by atoms with Crippen LogP contribution in [-0.2, 0) is 14.3 Å². The molecule has 1 aromatic rings. The van der Waals surface area contributed by atoms with Crippen molar-refractivity contribution in [2.75, 3.05) is 19.7 Å². The molecule has 0 aliphatic heterocycles. The molecule has 0 aromatic heterocycles. The molecule has 0 saturated carbocycles. The number of amides is 2. The highest BCUT2D eigenvalue weighted by Crippen LogP contribution is 2.10. The number of rotatable bonds is 8. The van der Waals surface area contributed by atoms with Gasteiger partial charge in [0.2, 0.25) is 5.91 Å². The van der Waals surface area contributed by atoms with Crippen LogP contribution in [0.3, 0.4) is 0 Å². The Morgan fingerprint density at radius 1 is 1.09 bits per heavy atom. The van der Waals surface area contributed by atoms with Gasteiger partial charge >= 0.3 is 5.97 Å². The van der Waals surface area contributed by atoms with E-state index in [-0.39, 0.29) is 30.6 Å². The lowest BCUT2D eigenvalue weighted by Gasteiger charge is -2.08. The zero-order valence-electron chi connectivity index (χ0n) is 12.4. The summed E-state index contributed by atoms with van der Waals surface area (Å²) in [5.41, 5.74) is 0.608. The molecular formula is C15H19IN2O4. The summed E-state index contributed by atoms with van der Waals surface area (Å²) in [6.45, 7) is 2.67. The van der Waals surface area contributed by atoms with Gasteiger partial charge in [-0.1, -0.05) is 12.1 Å². The fraction of sp³-hybridized carbons (Fsp3) is 0.400. The molecule has 120 valence electrons. The molecule has 7 heteroatoms. The number of benzene rings is 1. The van der Waals surface area contributed by atoms with Crippen LogP contribution >= 0.6 is 22.6 Å². The lowest BCUT2D eigenvalue weighted by molar-refractivity contribution is -0.144. The third-order valence-corrected chi connectivity index (χ3v) is 3.65. The molecule has 0 radical (unpaired) electrons. The highest BCUT2D eigenvalue weighted by atomic mass is 127. The summed E-state index contributed by atoms with van der Waals surface area (Å²) in [6.07, 6.45) is 0.150. The molecule has 1 aromatic carbocycles. The first kappa shape index (κ1) is 18.4. The normalized spacial score (nSPS) is 9.91. The van der Waals surface area contributed by atoms with Crippen LogP contribution in [0.5, 0.6) is 0 Å². The van der Waals surface area contributed by atoms with Crippen LogP contribution in [0.25, 0.3) is 0 Å². The van der Waals surface area contributed by atoms with Gasteiger partial charge in [-0.05, 0) is 41.6 Å². The van der Waals surface area contributed by atoms with Gasteiger partial charge < -0.3 is 15.4 Å². The van der Waals surface area contributed by atoms with E-state index in [2.05, 4.69) is 33.2 Å². The van der Waals surface area contributed by atoms with E-state index in [1.54, 1.807) is 19.1 Å². The number of esters is 1. The number of carbonyl (C=O) groups excluding carboxylic acids is 3. The molecule has 0 atom stereocenters. The van der Waals surface area contributed by atoms with E-state index < -0.39 is 0 Å². The van der Waals surface area contributed by atoms with Crippen LogP contribution in [0.1, 0.15) is 30.1 Å². The summed E-state index contributed by atoms with van der Waals surface area (Å²) >= 11 is 2.10. The van der Waals surface area contributed by atoms with Crippen molar-refractivity contribution in [1.29, 1.82) is 0 Å². The number of halogens is 1. The van der Waals surface area contributed by atoms with Crippen LogP contribution in [0, 0.1) is 3.57 Å². The highest BCUT2D eigenvalue weighted by Gasteiger charge is 2.09. The summed E-state index contributed by atoms with van der Waals surface area (Å²) in [4.78, 5) is 34.5. The monoisotopic (exact) mass is 418 g/mol. The lowest BCUT2D eigenvalue weighted by atomic mass is 10.2. The standard InChI is InChI=1S/C15H19IN2O4/c1-2-22-14(20)8-7-13(19)17-9-10-18-15(21)11-5-3-4-6-12(11)16/h3-6H,2,7-10H2,1H3,(H,17,19)(H,18,21). The Bertz CT molecular complexity index is 534. The van der Waals surface area contributed by atoms with Gasteiger partial charge in [0.1, 0.15) is 0 Å². The second-order valence-electron chi connectivity index (χ2n) is 4.39. The smallest absolute Gasteiger partial charge is 0.306 e. The molecule has 0 fully saturated rings. The molecule has 2 N–H and O–H groups in total. The van der Waals surface area contributed by atoms with Gasteiger partial charge in [-0.2, -0.15) is 0 Å². The van der Waals surface area contributed by atoms with Crippen molar-refractivity contribution < 1.29 is 19.1 Å². The van der Waals surface area contributed by atoms with Crippen LogP contribution in [0.15, 0.2) is 24.3 Å². The molecule has 6 nitrogen and oxygen atoms in total. The maximum Gasteiger partial charge on any atom is 0.306 e. The van der Waals surface area contributed by atoms with E-state index in [0.29, 0.717) is 25.3 Å². The van der Waals surface area contributed by atoms with Crippen molar-refractivity contribution in [1.82, 2.24) is 10.6 Å². The fourth-order valence-electron chi connectivity index (χ4n) is 1.66. The predicted octanol–water partition coefficient (Wildman–Crippen LogP) is 1.48. The molecular weight excluding hydrogens is 399 g/mol. The van der Waals surface area contributed by atoms with Gasteiger partial charge in [0.25, 0.3) is 5.91 Å². The SMILES string of the molecule is CCOC(=O)CCC(=O)NCCNC(=O)c1ccccc1I. The minimum atomic E-state index is -0.385. The zero-order valence-corrected chi connectivity index (χ0v) is 14.5. The van der Waals surface area contributed by atoms with Crippen molar-refractivity contribution in [3.05, 3.63) is 33.4 Å². The van der Waals surface area contributed by atoms with Gasteiger partial charge in [0, 0.05) is 23.1 Å². The fourth-order valence-corrected chi connectivity index (χ4v) is 2.29. The molecule has 0 heterocycles. The summed E-state index contributed by atoms with van der Waals surface area (Å²) in [6, 6.07) is 7.26. The Morgan fingerprint density at radius 3 is 2.45 bits per heavy atom. The molecule has 2 amide bonds. The topological polar surface area (TPSA) is 84.5 Å². The first-order valence-electron chi connectivity index (χ1n) is 6.99. The number of carbonyl (C=O) groups is 3. The summed E-state index contributed by atoms with van der Waals surface area (Å²) in [5, 5.41) is 5.37. The van der Waals surface area contributed by atoms with Crippen molar-refractivity contribution in [3.8, 4) is 0 Å². The van der Waals surface area contributed by atoms with E-state index >= 15 is 0 Å². The number of ether oxygens (including phenoxy) is 1. The van der Waals surface area contributed by atoms with Crippen molar-refractivity contribution >= 4 is 40.4 Å². The van der Waals surface area contributed by atoms with Gasteiger partial charge in [-0.3, -0.25) is 14.4 Å². The minimum absolute atomic E-state index is 0.0637. The second kappa shape index (κ2) is 10.1. The molecule has 22 heavy (non-hydrogen) atoms. The summed E-state index contributed by atoms with van der Waals surface area (Å²) in [7, 11) is 0. The van der Waals surface area contributed by atoms with E-state index in [4.69, 9.17) is 4.74 Å². The number of hydrogen-bond acceptors (Lipinski definition) is 4. The Kier molecular flexibility index (Phi) is 8.49. The zero-order chi connectivity index (χ0) is 16.4. The lowest BCUT2D eigenvalue weighted by Crippen LogP contribution is -2.35. The van der Waals surface area contributed by atoms with Gasteiger partial charge in [0.05, 0.1) is 18.6 Å². The minimum Gasteiger partial charge on any atom is -0.466 e. The maximum atomic E-state index is 11.9. The number of nitrogens with one attached hydrogen (secondary N) is 2. The van der Waals surface area contributed by atoms with Crippen molar-refractivity contribution in [3.63, 3.8) is 0 Å². The van der Waals surface area contributed by atoms with E-state index in [9.17, 15) is 14.4 Å².